The Hall–Kier alpha value is -1.71. The molecule has 3 heterocycles. The van der Waals surface area contributed by atoms with Gasteiger partial charge in [-0.25, -0.2) is 17.7 Å². The summed E-state index contributed by atoms with van der Waals surface area (Å²) in [6.45, 7) is 3.87. The van der Waals surface area contributed by atoms with E-state index in [4.69, 9.17) is 4.74 Å². The van der Waals surface area contributed by atoms with E-state index in [9.17, 15) is 13.2 Å². The number of nitrogens with one attached hydrogen (secondary N) is 1. The van der Waals surface area contributed by atoms with E-state index in [0.29, 0.717) is 44.7 Å². The number of hydrogen-bond acceptors (Lipinski definition) is 6. The highest BCUT2D eigenvalue weighted by Gasteiger charge is 2.26. The van der Waals surface area contributed by atoms with Crippen molar-refractivity contribution in [2.75, 3.05) is 50.5 Å². The number of morpholine rings is 1. The maximum atomic E-state index is 12.4. The molecule has 3 rings (SSSR count). The van der Waals surface area contributed by atoms with Gasteiger partial charge in [0, 0.05) is 38.4 Å². The Morgan fingerprint density at radius 2 is 1.88 bits per heavy atom. The van der Waals surface area contributed by atoms with Gasteiger partial charge < -0.3 is 15.0 Å². The van der Waals surface area contributed by atoms with Crippen LogP contribution in [0.15, 0.2) is 18.3 Å². The lowest BCUT2D eigenvalue weighted by Crippen LogP contribution is -2.46. The summed E-state index contributed by atoms with van der Waals surface area (Å²) >= 11 is 0. The first-order valence-electron chi connectivity index (χ1n) is 8.48. The van der Waals surface area contributed by atoms with E-state index in [1.165, 1.54) is 10.6 Å². The van der Waals surface area contributed by atoms with Crippen LogP contribution in [0.1, 0.15) is 23.2 Å². The van der Waals surface area contributed by atoms with Crippen LogP contribution in [-0.4, -0.2) is 75.3 Å². The van der Waals surface area contributed by atoms with Gasteiger partial charge in [-0.15, -0.1) is 0 Å². The molecule has 1 aromatic rings. The molecule has 0 unspecified atom stereocenters. The molecule has 25 heavy (non-hydrogen) atoms. The van der Waals surface area contributed by atoms with Crippen LogP contribution in [-0.2, 0) is 14.8 Å². The molecule has 0 aliphatic carbocycles. The number of aromatic nitrogens is 1. The molecule has 8 nitrogen and oxygen atoms in total. The Bertz CT molecular complexity index is 693. The molecule has 2 aliphatic heterocycles. The molecular formula is C16H24N4O4S. The summed E-state index contributed by atoms with van der Waals surface area (Å²) in [6, 6.07) is 3.62. The van der Waals surface area contributed by atoms with Gasteiger partial charge >= 0.3 is 0 Å². The lowest BCUT2D eigenvalue weighted by atomic mass is 10.1. The van der Waals surface area contributed by atoms with Crippen LogP contribution in [0.2, 0.25) is 0 Å². The number of piperidine rings is 1. The molecule has 2 saturated heterocycles. The topological polar surface area (TPSA) is 91.8 Å². The van der Waals surface area contributed by atoms with Crippen LogP contribution in [0, 0.1) is 0 Å². The Morgan fingerprint density at radius 3 is 2.44 bits per heavy atom. The normalized spacial score (nSPS) is 20.4. The summed E-state index contributed by atoms with van der Waals surface area (Å²) < 4.78 is 29.8. The summed E-state index contributed by atoms with van der Waals surface area (Å²) in [4.78, 5) is 18.9. The Morgan fingerprint density at radius 1 is 1.20 bits per heavy atom. The largest absolute Gasteiger partial charge is 0.378 e. The number of anilines is 1. The number of pyridine rings is 1. The van der Waals surface area contributed by atoms with Gasteiger partial charge in [0.05, 0.1) is 25.0 Å². The predicted octanol–water partition coefficient (Wildman–Crippen LogP) is 0.0720. The number of sulfonamides is 1. The van der Waals surface area contributed by atoms with Crippen molar-refractivity contribution in [1.82, 2.24) is 14.6 Å². The van der Waals surface area contributed by atoms with Crippen molar-refractivity contribution in [3.8, 4) is 0 Å². The third kappa shape index (κ3) is 4.68. The zero-order valence-electron chi connectivity index (χ0n) is 14.3. The lowest BCUT2D eigenvalue weighted by Gasteiger charge is -2.30. The number of nitrogens with zero attached hydrogens (tertiary/aromatic N) is 3. The molecule has 0 bridgehead atoms. The molecule has 0 atom stereocenters. The number of carbonyl (C=O) groups excluding carboxylic acids is 1. The van der Waals surface area contributed by atoms with Crippen LogP contribution >= 0.6 is 0 Å². The summed E-state index contributed by atoms with van der Waals surface area (Å²) in [5.41, 5.74) is 0.516. The quantitative estimate of drug-likeness (QED) is 0.809. The molecule has 0 radical (unpaired) electrons. The van der Waals surface area contributed by atoms with Crippen molar-refractivity contribution < 1.29 is 17.9 Å². The smallest absolute Gasteiger partial charge is 0.253 e. The van der Waals surface area contributed by atoms with Crippen molar-refractivity contribution in [3.05, 3.63) is 23.9 Å². The highest BCUT2D eigenvalue weighted by atomic mass is 32.2. The number of rotatable bonds is 4. The first-order chi connectivity index (χ1) is 11.9. The van der Waals surface area contributed by atoms with Crippen LogP contribution in [0.5, 0.6) is 0 Å². The fraction of sp³-hybridized carbons (Fsp3) is 0.625. The molecule has 1 amide bonds. The van der Waals surface area contributed by atoms with Gasteiger partial charge in [0.2, 0.25) is 10.0 Å². The minimum absolute atomic E-state index is 0.00980. The van der Waals surface area contributed by atoms with E-state index < -0.39 is 10.0 Å². The molecule has 1 N–H and O–H groups in total. The van der Waals surface area contributed by atoms with Crippen LogP contribution in [0.4, 0.5) is 5.82 Å². The van der Waals surface area contributed by atoms with Crippen LogP contribution in [0.25, 0.3) is 0 Å². The Balaban J connectivity index is 1.53. The van der Waals surface area contributed by atoms with Gasteiger partial charge in [0.15, 0.2) is 0 Å². The van der Waals surface area contributed by atoms with E-state index in [0.717, 1.165) is 18.9 Å². The number of amides is 1. The molecule has 9 heteroatoms. The van der Waals surface area contributed by atoms with E-state index in [1.54, 1.807) is 12.3 Å². The van der Waals surface area contributed by atoms with Gasteiger partial charge in [0.1, 0.15) is 5.82 Å². The second-order valence-corrected chi connectivity index (χ2v) is 8.40. The van der Waals surface area contributed by atoms with Gasteiger partial charge in [-0.1, -0.05) is 0 Å². The second kappa shape index (κ2) is 7.67. The molecule has 2 aliphatic rings. The minimum Gasteiger partial charge on any atom is -0.378 e. The van der Waals surface area contributed by atoms with Crippen molar-refractivity contribution in [1.29, 1.82) is 0 Å². The van der Waals surface area contributed by atoms with E-state index in [1.807, 2.05) is 6.07 Å². The fourth-order valence-corrected chi connectivity index (χ4v) is 3.97. The molecule has 2 fully saturated rings. The minimum atomic E-state index is -3.15. The van der Waals surface area contributed by atoms with E-state index in [2.05, 4.69) is 15.2 Å². The second-order valence-electron chi connectivity index (χ2n) is 6.41. The van der Waals surface area contributed by atoms with Crippen LogP contribution < -0.4 is 10.2 Å². The Labute approximate surface area is 148 Å². The standard InChI is InChI=1S/C16H24N4O4S/c1-25(22,23)20-6-4-14(5-7-20)18-16(21)13-2-3-15(17-12-13)19-8-10-24-11-9-19/h2-3,12,14H,4-11H2,1H3,(H,18,21). The number of ether oxygens (including phenoxy) is 1. The van der Waals surface area contributed by atoms with Gasteiger partial charge in [-0.05, 0) is 25.0 Å². The highest BCUT2D eigenvalue weighted by molar-refractivity contribution is 7.88. The maximum absolute atomic E-state index is 12.4. The average Bonchev–Trinajstić information content (AvgIpc) is 2.62. The zero-order chi connectivity index (χ0) is 17.9. The first-order valence-corrected chi connectivity index (χ1v) is 10.3. The monoisotopic (exact) mass is 368 g/mol. The van der Waals surface area contributed by atoms with Crippen LogP contribution in [0.3, 0.4) is 0 Å². The molecule has 0 saturated carbocycles. The van der Waals surface area contributed by atoms with E-state index in [-0.39, 0.29) is 11.9 Å². The van der Waals surface area contributed by atoms with Gasteiger partial charge in [0.25, 0.3) is 5.91 Å². The molecular weight excluding hydrogens is 344 g/mol. The molecule has 1 aromatic heterocycles. The molecule has 0 spiro atoms. The predicted molar refractivity (Wildman–Crippen MR) is 94.2 cm³/mol. The van der Waals surface area contributed by atoms with Crippen molar-refractivity contribution in [2.24, 2.45) is 0 Å². The number of hydrogen-bond donors (Lipinski definition) is 1. The lowest BCUT2D eigenvalue weighted by molar-refractivity contribution is 0.0923. The molecule has 138 valence electrons. The highest BCUT2D eigenvalue weighted by Crippen LogP contribution is 2.15. The SMILES string of the molecule is CS(=O)(=O)N1CCC(NC(=O)c2ccc(N3CCOCC3)nc2)CC1. The van der Waals surface area contributed by atoms with Crippen molar-refractivity contribution >= 4 is 21.7 Å². The fourth-order valence-electron chi connectivity index (χ4n) is 3.10. The van der Waals surface area contributed by atoms with E-state index >= 15 is 0 Å². The third-order valence-corrected chi connectivity index (χ3v) is 5.91. The number of carbonyl (C=O) groups is 1. The summed E-state index contributed by atoms with van der Waals surface area (Å²) in [7, 11) is -3.15. The summed E-state index contributed by atoms with van der Waals surface area (Å²) in [5, 5.41) is 2.97. The maximum Gasteiger partial charge on any atom is 0.253 e. The molecule has 0 aromatic carbocycles. The first kappa shape index (κ1) is 18.1. The third-order valence-electron chi connectivity index (χ3n) is 4.60. The van der Waals surface area contributed by atoms with Crippen molar-refractivity contribution in [2.45, 2.75) is 18.9 Å². The zero-order valence-corrected chi connectivity index (χ0v) is 15.2. The van der Waals surface area contributed by atoms with Gasteiger partial charge in [-0.2, -0.15) is 0 Å². The average molecular weight is 368 g/mol. The van der Waals surface area contributed by atoms with Crippen molar-refractivity contribution in [3.63, 3.8) is 0 Å². The summed E-state index contributed by atoms with van der Waals surface area (Å²) in [5.74, 6) is 0.681. The Kier molecular flexibility index (Phi) is 5.55. The summed E-state index contributed by atoms with van der Waals surface area (Å²) in [6.07, 6.45) is 4.05. The van der Waals surface area contributed by atoms with Gasteiger partial charge in [-0.3, -0.25) is 4.79 Å².